The standard InChI is InChI=1S/C21H31N/c1-3-14-7-8-17-11-16-6-5-9-21(18(17)10-14)13-20(22)15(4-2)12-19(16)21/h7-8,10,15-16,19-20H,3-6,9,11-13,22H2,1-2H3/t15?,16?,19?,20?,21-/m0/s1. The molecule has 0 aromatic heterocycles. The Morgan fingerprint density at radius 1 is 1.27 bits per heavy atom. The molecule has 120 valence electrons. The predicted octanol–water partition coefficient (Wildman–Crippen LogP) is 4.61. The van der Waals surface area contributed by atoms with E-state index in [9.17, 15) is 0 Å². The van der Waals surface area contributed by atoms with Crippen LogP contribution < -0.4 is 5.73 Å². The van der Waals surface area contributed by atoms with E-state index in [1.807, 2.05) is 0 Å². The molecule has 5 atom stereocenters. The number of fused-ring (bicyclic) bond motifs is 1. The number of hydrogen-bond donors (Lipinski definition) is 1. The summed E-state index contributed by atoms with van der Waals surface area (Å²) in [5, 5.41) is 0. The number of nitrogens with two attached hydrogens (primary N) is 1. The lowest BCUT2D eigenvalue weighted by Gasteiger charge is -2.58. The summed E-state index contributed by atoms with van der Waals surface area (Å²) in [4.78, 5) is 0. The third-order valence-electron chi connectivity index (χ3n) is 7.36. The second-order valence-electron chi connectivity index (χ2n) is 8.24. The van der Waals surface area contributed by atoms with Crippen LogP contribution >= 0.6 is 0 Å². The van der Waals surface area contributed by atoms with Crippen molar-refractivity contribution >= 4 is 0 Å². The molecule has 22 heavy (non-hydrogen) atoms. The van der Waals surface area contributed by atoms with Gasteiger partial charge in [0, 0.05) is 11.5 Å². The van der Waals surface area contributed by atoms with Gasteiger partial charge in [-0.3, -0.25) is 0 Å². The van der Waals surface area contributed by atoms with Gasteiger partial charge in [0.2, 0.25) is 0 Å². The molecule has 2 saturated carbocycles. The number of benzene rings is 1. The highest BCUT2D eigenvalue weighted by Gasteiger charge is 2.54. The number of rotatable bonds is 2. The van der Waals surface area contributed by atoms with Crippen molar-refractivity contribution in [3.05, 3.63) is 34.9 Å². The lowest BCUT2D eigenvalue weighted by molar-refractivity contribution is 0.0163. The van der Waals surface area contributed by atoms with E-state index in [4.69, 9.17) is 5.73 Å². The Kier molecular flexibility index (Phi) is 3.60. The minimum Gasteiger partial charge on any atom is -0.327 e. The first kappa shape index (κ1) is 14.8. The minimum atomic E-state index is 0.413. The summed E-state index contributed by atoms with van der Waals surface area (Å²) >= 11 is 0. The van der Waals surface area contributed by atoms with Crippen molar-refractivity contribution in [2.24, 2.45) is 23.5 Å². The highest BCUT2D eigenvalue weighted by atomic mass is 14.7. The highest BCUT2D eigenvalue weighted by Crippen LogP contribution is 2.59. The molecule has 3 aliphatic carbocycles. The summed E-state index contributed by atoms with van der Waals surface area (Å²) in [5.74, 6) is 2.59. The second kappa shape index (κ2) is 5.37. The Morgan fingerprint density at radius 3 is 2.91 bits per heavy atom. The van der Waals surface area contributed by atoms with Crippen LogP contribution in [-0.2, 0) is 18.3 Å². The van der Waals surface area contributed by atoms with E-state index < -0.39 is 0 Å². The molecule has 4 unspecified atom stereocenters. The molecule has 2 fully saturated rings. The zero-order valence-corrected chi connectivity index (χ0v) is 14.3. The van der Waals surface area contributed by atoms with Crippen LogP contribution in [0.4, 0.5) is 0 Å². The maximum absolute atomic E-state index is 6.65. The van der Waals surface area contributed by atoms with Crippen molar-refractivity contribution in [2.45, 2.75) is 76.7 Å². The Hall–Kier alpha value is -0.820. The van der Waals surface area contributed by atoms with Crippen LogP contribution in [0, 0.1) is 17.8 Å². The van der Waals surface area contributed by atoms with Crippen molar-refractivity contribution < 1.29 is 0 Å². The first-order chi connectivity index (χ1) is 10.7. The van der Waals surface area contributed by atoms with Gasteiger partial charge in [-0.1, -0.05) is 44.9 Å². The van der Waals surface area contributed by atoms with Crippen LogP contribution in [0.1, 0.15) is 69.1 Å². The molecule has 1 nitrogen and oxygen atoms in total. The molecule has 0 radical (unpaired) electrons. The Bertz CT molecular complexity index is 563. The first-order valence-corrected chi connectivity index (χ1v) is 9.55. The fraction of sp³-hybridized carbons (Fsp3) is 0.714. The monoisotopic (exact) mass is 297 g/mol. The van der Waals surface area contributed by atoms with Gasteiger partial charge in [0.15, 0.2) is 0 Å². The molecule has 0 aliphatic heterocycles. The zero-order valence-electron chi connectivity index (χ0n) is 14.3. The molecule has 3 aliphatic rings. The van der Waals surface area contributed by atoms with Crippen LogP contribution in [0.25, 0.3) is 0 Å². The average Bonchev–Trinajstić information content (AvgIpc) is 2.53. The summed E-state index contributed by atoms with van der Waals surface area (Å²) in [6.07, 6.45) is 10.6. The van der Waals surface area contributed by atoms with Gasteiger partial charge < -0.3 is 5.73 Å². The second-order valence-corrected chi connectivity index (χ2v) is 8.24. The van der Waals surface area contributed by atoms with Crippen molar-refractivity contribution in [3.63, 3.8) is 0 Å². The van der Waals surface area contributed by atoms with Gasteiger partial charge in [-0.25, -0.2) is 0 Å². The van der Waals surface area contributed by atoms with E-state index in [1.54, 1.807) is 11.1 Å². The fourth-order valence-corrected chi connectivity index (χ4v) is 6.20. The Labute approximate surface area is 135 Å². The molecule has 2 bridgehead atoms. The third-order valence-corrected chi connectivity index (χ3v) is 7.36. The van der Waals surface area contributed by atoms with Crippen LogP contribution in [0.5, 0.6) is 0 Å². The highest BCUT2D eigenvalue weighted by molar-refractivity contribution is 5.43. The molecule has 1 aromatic rings. The van der Waals surface area contributed by atoms with E-state index in [0.29, 0.717) is 11.5 Å². The topological polar surface area (TPSA) is 26.0 Å². The van der Waals surface area contributed by atoms with Crippen LogP contribution in [-0.4, -0.2) is 6.04 Å². The molecule has 2 N–H and O–H groups in total. The van der Waals surface area contributed by atoms with Crippen molar-refractivity contribution in [1.82, 2.24) is 0 Å². The number of aryl methyl sites for hydroxylation is 1. The summed E-state index contributed by atoms with van der Waals surface area (Å²) in [6, 6.07) is 7.78. The smallest absolute Gasteiger partial charge is 0.00757 e. The third kappa shape index (κ3) is 2.01. The molecule has 0 spiro atoms. The predicted molar refractivity (Wildman–Crippen MR) is 93.0 cm³/mol. The molecule has 0 heterocycles. The maximum atomic E-state index is 6.65. The van der Waals surface area contributed by atoms with Crippen molar-refractivity contribution in [3.8, 4) is 0 Å². The SMILES string of the molecule is CCc1ccc2c(c1)[C@@]13CCCC(C2)C1CC(CC)C(N)C3. The fourth-order valence-electron chi connectivity index (χ4n) is 6.20. The van der Waals surface area contributed by atoms with Gasteiger partial charge in [0.1, 0.15) is 0 Å². The summed E-state index contributed by atoms with van der Waals surface area (Å²) in [6.45, 7) is 4.62. The largest absolute Gasteiger partial charge is 0.327 e. The van der Waals surface area contributed by atoms with Gasteiger partial charge in [-0.15, -0.1) is 0 Å². The lowest BCUT2D eigenvalue weighted by Crippen LogP contribution is -2.56. The number of hydrogen-bond acceptors (Lipinski definition) is 1. The molecule has 0 saturated heterocycles. The van der Waals surface area contributed by atoms with E-state index in [1.165, 1.54) is 50.5 Å². The van der Waals surface area contributed by atoms with Gasteiger partial charge >= 0.3 is 0 Å². The first-order valence-electron chi connectivity index (χ1n) is 9.55. The molecular formula is C21H31N. The lowest BCUT2D eigenvalue weighted by atomic mass is 9.46. The van der Waals surface area contributed by atoms with Gasteiger partial charge in [-0.2, -0.15) is 0 Å². The molecule has 1 heteroatoms. The molecular weight excluding hydrogens is 266 g/mol. The molecule has 1 aromatic carbocycles. The molecule has 4 rings (SSSR count). The van der Waals surface area contributed by atoms with Gasteiger partial charge in [0.25, 0.3) is 0 Å². The summed E-state index contributed by atoms with van der Waals surface area (Å²) in [5.41, 5.74) is 12.0. The van der Waals surface area contributed by atoms with E-state index in [0.717, 1.165) is 24.2 Å². The van der Waals surface area contributed by atoms with Crippen LogP contribution in [0.2, 0.25) is 0 Å². The minimum absolute atomic E-state index is 0.413. The van der Waals surface area contributed by atoms with Crippen molar-refractivity contribution in [1.29, 1.82) is 0 Å². The van der Waals surface area contributed by atoms with Gasteiger partial charge in [-0.05, 0) is 73.0 Å². The van der Waals surface area contributed by atoms with Crippen LogP contribution in [0.15, 0.2) is 18.2 Å². The van der Waals surface area contributed by atoms with Crippen LogP contribution in [0.3, 0.4) is 0 Å². The summed E-state index contributed by atoms with van der Waals surface area (Å²) < 4.78 is 0. The Morgan fingerprint density at radius 2 is 2.14 bits per heavy atom. The Balaban J connectivity index is 1.83. The molecule has 0 amide bonds. The van der Waals surface area contributed by atoms with Crippen molar-refractivity contribution in [2.75, 3.05) is 0 Å². The quantitative estimate of drug-likeness (QED) is 0.848. The summed E-state index contributed by atoms with van der Waals surface area (Å²) in [7, 11) is 0. The van der Waals surface area contributed by atoms with E-state index in [-0.39, 0.29) is 0 Å². The van der Waals surface area contributed by atoms with E-state index in [2.05, 4.69) is 32.0 Å². The normalized spacial score (nSPS) is 40.0. The zero-order chi connectivity index (χ0) is 15.3. The van der Waals surface area contributed by atoms with Gasteiger partial charge in [0.05, 0.1) is 0 Å². The average molecular weight is 297 g/mol. The maximum Gasteiger partial charge on any atom is 0.00757 e. The van der Waals surface area contributed by atoms with E-state index >= 15 is 0 Å².